The van der Waals surface area contributed by atoms with Gasteiger partial charge in [0.25, 0.3) is 0 Å². The summed E-state index contributed by atoms with van der Waals surface area (Å²) in [6.07, 6.45) is 2.38. The summed E-state index contributed by atoms with van der Waals surface area (Å²) in [5.41, 5.74) is 1.54. The number of hydrogen-bond acceptors (Lipinski definition) is 3. The second-order valence-corrected chi connectivity index (χ2v) is 4.54. The molecular formula is C13H19FN2O. The van der Waals surface area contributed by atoms with Gasteiger partial charge < -0.3 is 15.3 Å². The molecular weight excluding hydrogens is 219 g/mol. The van der Waals surface area contributed by atoms with Gasteiger partial charge in [-0.05, 0) is 25.0 Å². The number of likely N-dealkylation sites (N-methyl/N-ethyl adjacent to an activating group) is 1. The number of nitrogens with zero attached hydrogens (tertiary/aromatic N) is 1. The summed E-state index contributed by atoms with van der Waals surface area (Å²) < 4.78 is 13.8. The van der Waals surface area contributed by atoms with Crippen molar-refractivity contribution in [2.45, 2.75) is 25.4 Å². The van der Waals surface area contributed by atoms with Crippen molar-refractivity contribution in [3.05, 3.63) is 29.6 Å². The molecule has 1 aromatic carbocycles. The van der Waals surface area contributed by atoms with E-state index in [-0.39, 0.29) is 12.4 Å². The van der Waals surface area contributed by atoms with E-state index < -0.39 is 0 Å². The van der Waals surface area contributed by atoms with Crippen LogP contribution in [0.25, 0.3) is 0 Å². The largest absolute Gasteiger partial charge is 0.395 e. The SMILES string of the molecule is CN(CCO)c1cccc(F)c1CNC1CC1. The van der Waals surface area contributed by atoms with E-state index in [1.807, 2.05) is 18.0 Å². The van der Waals surface area contributed by atoms with Gasteiger partial charge in [-0.2, -0.15) is 0 Å². The monoisotopic (exact) mass is 238 g/mol. The molecule has 0 amide bonds. The lowest BCUT2D eigenvalue weighted by Gasteiger charge is -2.22. The standard InChI is InChI=1S/C13H19FN2O/c1-16(7-8-17)13-4-2-3-12(14)11(13)9-15-10-5-6-10/h2-4,10,15,17H,5-9H2,1H3. The second kappa shape index (κ2) is 5.47. The number of aliphatic hydroxyl groups is 1. The third-order valence-corrected chi connectivity index (χ3v) is 3.09. The first-order chi connectivity index (χ1) is 8.22. The van der Waals surface area contributed by atoms with E-state index in [1.165, 1.54) is 18.9 Å². The molecule has 0 atom stereocenters. The van der Waals surface area contributed by atoms with Gasteiger partial charge in [-0.3, -0.25) is 0 Å². The van der Waals surface area contributed by atoms with Crippen molar-refractivity contribution in [3.63, 3.8) is 0 Å². The Morgan fingerprint density at radius 2 is 2.24 bits per heavy atom. The van der Waals surface area contributed by atoms with E-state index in [1.54, 1.807) is 6.07 Å². The Bertz CT molecular complexity index is 380. The van der Waals surface area contributed by atoms with Crippen LogP contribution in [0.1, 0.15) is 18.4 Å². The van der Waals surface area contributed by atoms with Crippen molar-refractivity contribution in [2.75, 3.05) is 25.1 Å². The molecule has 1 saturated carbocycles. The number of benzene rings is 1. The fourth-order valence-corrected chi connectivity index (χ4v) is 1.88. The molecule has 3 nitrogen and oxygen atoms in total. The van der Waals surface area contributed by atoms with Crippen molar-refractivity contribution < 1.29 is 9.50 Å². The summed E-state index contributed by atoms with van der Waals surface area (Å²) in [5.74, 6) is -0.180. The molecule has 2 N–H and O–H groups in total. The predicted octanol–water partition coefficient (Wildman–Crippen LogP) is 1.51. The molecule has 0 aliphatic heterocycles. The number of nitrogens with one attached hydrogen (secondary N) is 1. The maximum atomic E-state index is 13.8. The van der Waals surface area contributed by atoms with E-state index >= 15 is 0 Å². The highest BCUT2D eigenvalue weighted by atomic mass is 19.1. The second-order valence-electron chi connectivity index (χ2n) is 4.54. The molecule has 1 aliphatic rings. The Balaban J connectivity index is 2.13. The van der Waals surface area contributed by atoms with Crippen LogP contribution in [0.2, 0.25) is 0 Å². The highest BCUT2D eigenvalue weighted by Gasteiger charge is 2.21. The highest BCUT2D eigenvalue weighted by molar-refractivity contribution is 5.53. The quantitative estimate of drug-likeness (QED) is 0.788. The van der Waals surface area contributed by atoms with E-state index in [2.05, 4.69) is 5.32 Å². The molecule has 1 aromatic rings. The van der Waals surface area contributed by atoms with Crippen molar-refractivity contribution in [3.8, 4) is 0 Å². The van der Waals surface area contributed by atoms with Crippen LogP contribution in [-0.4, -0.2) is 31.3 Å². The summed E-state index contributed by atoms with van der Waals surface area (Å²) in [4.78, 5) is 1.88. The van der Waals surface area contributed by atoms with Crippen LogP contribution in [0.3, 0.4) is 0 Å². The summed E-state index contributed by atoms with van der Waals surface area (Å²) in [6, 6.07) is 5.65. The van der Waals surface area contributed by atoms with Crippen LogP contribution in [0.5, 0.6) is 0 Å². The van der Waals surface area contributed by atoms with Gasteiger partial charge in [-0.15, -0.1) is 0 Å². The van der Waals surface area contributed by atoms with Gasteiger partial charge in [0, 0.05) is 37.4 Å². The van der Waals surface area contributed by atoms with Gasteiger partial charge >= 0.3 is 0 Å². The smallest absolute Gasteiger partial charge is 0.129 e. The molecule has 0 radical (unpaired) electrons. The minimum atomic E-state index is -0.180. The lowest BCUT2D eigenvalue weighted by molar-refractivity contribution is 0.304. The molecule has 0 heterocycles. The maximum Gasteiger partial charge on any atom is 0.129 e. The van der Waals surface area contributed by atoms with Gasteiger partial charge in [-0.25, -0.2) is 4.39 Å². The van der Waals surface area contributed by atoms with E-state index in [4.69, 9.17) is 5.11 Å². The number of anilines is 1. The van der Waals surface area contributed by atoms with Crippen LogP contribution in [0, 0.1) is 5.82 Å². The molecule has 0 saturated heterocycles. The number of hydrogen-bond donors (Lipinski definition) is 2. The number of rotatable bonds is 6. The van der Waals surface area contributed by atoms with Crippen LogP contribution < -0.4 is 10.2 Å². The number of aliphatic hydroxyl groups excluding tert-OH is 1. The van der Waals surface area contributed by atoms with Crippen LogP contribution in [0.15, 0.2) is 18.2 Å². The molecule has 4 heteroatoms. The molecule has 0 unspecified atom stereocenters. The van der Waals surface area contributed by atoms with Gasteiger partial charge in [-0.1, -0.05) is 6.07 Å². The van der Waals surface area contributed by atoms with E-state index in [0.717, 1.165) is 5.69 Å². The first-order valence-corrected chi connectivity index (χ1v) is 6.05. The first kappa shape index (κ1) is 12.3. The summed E-state index contributed by atoms with van der Waals surface area (Å²) in [6.45, 7) is 1.14. The minimum Gasteiger partial charge on any atom is -0.395 e. The van der Waals surface area contributed by atoms with Gasteiger partial charge in [0.15, 0.2) is 0 Å². The lowest BCUT2D eigenvalue weighted by atomic mass is 10.1. The molecule has 94 valence electrons. The number of halogens is 1. The third kappa shape index (κ3) is 3.17. The van der Waals surface area contributed by atoms with Gasteiger partial charge in [0.1, 0.15) is 5.82 Å². The Morgan fingerprint density at radius 3 is 2.88 bits per heavy atom. The Kier molecular flexibility index (Phi) is 3.97. The molecule has 1 fully saturated rings. The zero-order valence-corrected chi connectivity index (χ0v) is 10.1. The normalized spacial score (nSPS) is 15.0. The Hall–Kier alpha value is -1.13. The fourth-order valence-electron chi connectivity index (χ4n) is 1.88. The highest BCUT2D eigenvalue weighted by Crippen LogP contribution is 2.24. The van der Waals surface area contributed by atoms with Crippen molar-refractivity contribution in [1.29, 1.82) is 0 Å². The van der Waals surface area contributed by atoms with Crippen molar-refractivity contribution in [1.82, 2.24) is 5.32 Å². The van der Waals surface area contributed by atoms with Crippen LogP contribution in [-0.2, 0) is 6.54 Å². The molecule has 0 spiro atoms. The first-order valence-electron chi connectivity index (χ1n) is 6.05. The fraction of sp³-hybridized carbons (Fsp3) is 0.538. The topological polar surface area (TPSA) is 35.5 Å². The molecule has 0 bridgehead atoms. The van der Waals surface area contributed by atoms with Crippen molar-refractivity contribution in [2.24, 2.45) is 0 Å². The molecule has 0 aromatic heterocycles. The lowest BCUT2D eigenvalue weighted by Crippen LogP contribution is -2.25. The third-order valence-electron chi connectivity index (χ3n) is 3.09. The van der Waals surface area contributed by atoms with E-state index in [0.29, 0.717) is 24.7 Å². The predicted molar refractivity (Wildman–Crippen MR) is 66.6 cm³/mol. The molecule has 1 aliphatic carbocycles. The minimum absolute atomic E-state index is 0.0719. The average molecular weight is 238 g/mol. The molecule has 17 heavy (non-hydrogen) atoms. The summed E-state index contributed by atoms with van der Waals surface area (Å²) in [5, 5.41) is 12.3. The van der Waals surface area contributed by atoms with Gasteiger partial charge in [0.05, 0.1) is 6.61 Å². The van der Waals surface area contributed by atoms with E-state index in [9.17, 15) is 4.39 Å². The molecule has 2 rings (SSSR count). The zero-order valence-electron chi connectivity index (χ0n) is 10.1. The Labute approximate surface area is 101 Å². The summed E-state index contributed by atoms with van der Waals surface area (Å²) in [7, 11) is 1.87. The average Bonchev–Trinajstić information content (AvgIpc) is 3.11. The Morgan fingerprint density at radius 1 is 1.47 bits per heavy atom. The van der Waals surface area contributed by atoms with Gasteiger partial charge in [0.2, 0.25) is 0 Å². The van der Waals surface area contributed by atoms with Crippen LogP contribution in [0.4, 0.5) is 10.1 Å². The zero-order chi connectivity index (χ0) is 12.3. The van der Waals surface area contributed by atoms with Crippen molar-refractivity contribution >= 4 is 5.69 Å². The van der Waals surface area contributed by atoms with Crippen LogP contribution >= 0.6 is 0 Å². The summed E-state index contributed by atoms with van der Waals surface area (Å²) >= 11 is 0. The maximum absolute atomic E-state index is 13.8.